The number of nitrogens with one attached hydrogen (secondary N) is 1. The van der Waals surface area contributed by atoms with Gasteiger partial charge in [0.05, 0.1) is 11.6 Å². The molecule has 1 unspecified atom stereocenters. The van der Waals surface area contributed by atoms with Crippen LogP contribution in [0.3, 0.4) is 0 Å². The van der Waals surface area contributed by atoms with Crippen molar-refractivity contribution in [3.8, 4) is 0 Å². The Balaban J connectivity index is 2.67. The minimum Gasteiger partial charge on any atom is -0.383 e. The van der Waals surface area contributed by atoms with E-state index in [1.807, 2.05) is 18.2 Å². The van der Waals surface area contributed by atoms with Crippen molar-refractivity contribution in [1.82, 2.24) is 5.32 Å². The van der Waals surface area contributed by atoms with Crippen LogP contribution in [0.15, 0.2) is 22.7 Å². The number of rotatable bonds is 6. The summed E-state index contributed by atoms with van der Waals surface area (Å²) in [5.41, 5.74) is 6.81. The van der Waals surface area contributed by atoms with Gasteiger partial charge < -0.3 is 15.8 Å². The lowest BCUT2D eigenvalue weighted by Crippen LogP contribution is -2.30. The number of benzene rings is 1. The van der Waals surface area contributed by atoms with Gasteiger partial charge in [0.1, 0.15) is 0 Å². The van der Waals surface area contributed by atoms with Crippen LogP contribution in [0.1, 0.15) is 11.6 Å². The van der Waals surface area contributed by atoms with Gasteiger partial charge in [-0.2, -0.15) is 0 Å². The molecule has 5 heteroatoms. The summed E-state index contributed by atoms with van der Waals surface area (Å²) >= 11 is 9.40. The van der Waals surface area contributed by atoms with Crippen molar-refractivity contribution in [3.63, 3.8) is 0 Å². The van der Waals surface area contributed by atoms with E-state index in [0.717, 1.165) is 16.6 Å². The van der Waals surface area contributed by atoms with Crippen molar-refractivity contribution in [2.45, 2.75) is 6.04 Å². The SMILES string of the molecule is COCCNC(CN)c1ccc(Br)c(Cl)c1. The number of hydrogen-bond donors (Lipinski definition) is 2. The fourth-order valence-corrected chi connectivity index (χ4v) is 1.84. The van der Waals surface area contributed by atoms with Gasteiger partial charge in [-0.25, -0.2) is 0 Å². The van der Waals surface area contributed by atoms with Crippen LogP contribution in [-0.2, 0) is 4.74 Å². The van der Waals surface area contributed by atoms with Crippen LogP contribution < -0.4 is 11.1 Å². The standard InChI is InChI=1S/C11H16BrClN2O/c1-16-5-4-15-11(7-14)8-2-3-9(12)10(13)6-8/h2-3,6,11,15H,4-5,7,14H2,1H3. The third-order valence-corrected chi connectivity index (χ3v) is 3.51. The molecule has 1 atom stereocenters. The van der Waals surface area contributed by atoms with Crippen LogP contribution in [0.5, 0.6) is 0 Å². The molecule has 0 saturated carbocycles. The Morgan fingerprint density at radius 3 is 2.88 bits per heavy atom. The highest BCUT2D eigenvalue weighted by atomic mass is 79.9. The number of halogens is 2. The summed E-state index contributed by atoms with van der Waals surface area (Å²) in [7, 11) is 1.68. The molecular formula is C11H16BrClN2O. The minimum absolute atomic E-state index is 0.112. The lowest BCUT2D eigenvalue weighted by Gasteiger charge is -2.17. The molecule has 0 amide bonds. The maximum Gasteiger partial charge on any atom is 0.0587 e. The van der Waals surface area contributed by atoms with Crippen molar-refractivity contribution in [3.05, 3.63) is 33.3 Å². The second-order valence-electron chi connectivity index (χ2n) is 3.41. The average Bonchev–Trinajstić information content (AvgIpc) is 2.29. The molecule has 16 heavy (non-hydrogen) atoms. The van der Waals surface area contributed by atoms with Gasteiger partial charge in [0.25, 0.3) is 0 Å². The maximum atomic E-state index is 6.04. The summed E-state index contributed by atoms with van der Waals surface area (Å²) in [5.74, 6) is 0. The largest absolute Gasteiger partial charge is 0.383 e. The van der Waals surface area contributed by atoms with E-state index < -0.39 is 0 Å². The van der Waals surface area contributed by atoms with E-state index in [1.165, 1.54) is 0 Å². The molecule has 0 fully saturated rings. The fourth-order valence-electron chi connectivity index (χ4n) is 1.40. The molecule has 3 nitrogen and oxygen atoms in total. The number of methoxy groups -OCH3 is 1. The van der Waals surface area contributed by atoms with Gasteiger partial charge in [-0.15, -0.1) is 0 Å². The summed E-state index contributed by atoms with van der Waals surface area (Å²) in [4.78, 5) is 0. The van der Waals surface area contributed by atoms with E-state index in [1.54, 1.807) is 7.11 Å². The van der Waals surface area contributed by atoms with E-state index in [4.69, 9.17) is 22.1 Å². The van der Waals surface area contributed by atoms with Crippen LogP contribution in [-0.4, -0.2) is 26.8 Å². The van der Waals surface area contributed by atoms with E-state index >= 15 is 0 Å². The second-order valence-corrected chi connectivity index (χ2v) is 4.67. The Morgan fingerprint density at radius 1 is 1.56 bits per heavy atom. The highest BCUT2D eigenvalue weighted by Crippen LogP contribution is 2.25. The molecule has 1 aromatic carbocycles. The number of hydrogen-bond acceptors (Lipinski definition) is 3. The maximum absolute atomic E-state index is 6.04. The fraction of sp³-hybridized carbons (Fsp3) is 0.455. The zero-order valence-electron chi connectivity index (χ0n) is 9.17. The van der Waals surface area contributed by atoms with Crippen LogP contribution in [0.25, 0.3) is 0 Å². The second kappa shape index (κ2) is 7.25. The number of nitrogens with two attached hydrogens (primary N) is 1. The molecule has 0 radical (unpaired) electrons. The molecule has 1 rings (SSSR count). The third kappa shape index (κ3) is 4.03. The monoisotopic (exact) mass is 306 g/mol. The first-order valence-electron chi connectivity index (χ1n) is 5.06. The minimum atomic E-state index is 0.112. The van der Waals surface area contributed by atoms with Crippen LogP contribution in [0.2, 0.25) is 5.02 Å². The van der Waals surface area contributed by atoms with E-state index in [0.29, 0.717) is 18.2 Å². The topological polar surface area (TPSA) is 47.3 Å². The van der Waals surface area contributed by atoms with Gasteiger partial charge in [-0.05, 0) is 33.6 Å². The highest BCUT2D eigenvalue weighted by molar-refractivity contribution is 9.10. The first-order chi connectivity index (χ1) is 7.69. The van der Waals surface area contributed by atoms with Gasteiger partial charge in [-0.1, -0.05) is 17.7 Å². The van der Waals surface area contributed by atoms with Crippen molar-refractivity contribution < 1.29 is 4.74 Å². The normalized spacial score (nSPS) is 12.8. The summed E-state index contributed by atoms with van der Waals surface area (Å²) < 4.78 is 5.87. The summed E-state index contributed by atoms with van der Waals surface area (Å²) in [5, 5.41) is 4.01. The van der Waals surface area contributed by atoms with Crippen molar-refractivity contribution in [1.29, 1.82) is 0 Å². The van der Waals surface area contributed by atoms with Crippen molar-refractivity contribution in [2.75, 3.05) is 26.8 Å². The third-order valence-electron chi connectivity index (χ3n) is 2.28. The first kappa shape index (κ1) is 13.9. The van der Waals surface area contributed by atoms with Crippen molar-refractivity contribution >= 4 is 27.5 Å². The lowest BCUT2D eigenvalue weighted by molar-refractivity contribution is 0.196. The van der Waals surface area contributed by atoms with Gasteiger partial charge >= 0.3 is 0 Å². The number of ether oxygens (including phenoxy) is 1. The molecule has 0 aliphatic heterocycles. The molecule has 90 valence electrons. The Morgan fingerprint density at radius 2 is 2.31 bits per heavy atom. The molecule has 3 N–H and O–H groups in total. The van der Waals surface area contributed by atoms with Crippen LogP contribution in [0, 0.1) is 0 Å². The average molecular weight is 308 g/mol. The summed E-state index contributed by atoms with van der Waals surface area (Å²) in [6.07, 6.45) is 0. The Bertz CT molecular complexity index is 336. The van der Waals surface area contributed by atoms with E-state index in [-0.39, 0.29) is 6.04 Å². The van der Waals surface area contributed by atoms with E-state index in [9.17, 15) is 0 Å². The van der Waals surface area contributed by atoms with Gasteiger partial charge in [0, 0.05) is 30.7 Å². The highest BCUT2D eigenvalue weighted by Gasteiger charge is 2.09. The zero-order chi connectivity index (χ0) is 12.0. The molecular weight excluding hydrogens is 291 g/mol. The predicted molar refractivity (Wildman–Crippen MR) is 70.8 cm³/mol. The summed E-state index contributed by atoms with van der Waals surface area (Å²) in [6.45, 7) is 1.97. The molecule has 0 heterocycles. The van der Waals surface area contributed by atoms with E-state index in [2.05, 4.69) is 21.2 Å². The van der Waals surface area contributed by atoms with Crippen LogP contribution >= 0.6 is 27.5 Å². The first-order valence-corrected chi connectivity index (χ1v) is 6.23. The Hall–Kier alpha value is -0.130. The lowest BCUT2D eigenvalue weighted by atomic mass is 10.1. The smallest absolute Gasteiger partial charge is 0.0587 e. The molecule has 0 aliphatic carbocycles. The van der Waals surface area contributed by atoms with Crippen LogP contribution in [0.4, 0.5) is 0 Å². The Labute approximate surface area is 109 Å². The van der Waals surface area contributed by atoms with Gasteiger partial charge in [0.15, 0.2) is 0 Å². The molecule has 0 aromatic heterocycles. The Kier molecular flexibility index (Phi) is 6.31. The molecule has 0 spiro atoms. The summed E-state index contributed by atoms with van der Waals surface area (Å²) in [6, 6.07) is 5.97. The predicted octanol–water partition coefficient (Wildman–Crippen LogP) is 2.34. The zero-order valence-corrected chi connectivity index (χ0v) is 11.5. The molecule has 0 bridgehead atoms. The van der Waals surface area contributed by atoms with Gasteiger partial charge in [-0.3, -0.25) is 0 Å². The quantitative estimate of drug-likeness (QED) is 0.793. The van der Waals surface area contributed by atoms with Gasteiger partial charge in [0.2, 0.25) is 0 Å². The molecule has 1 aromatic rings. The molecule has 0 saturated heterocycles. The molecule has 0 aliphatic rings. The van der Waals surface area contributed by atoms with Crippen molar-refractivity contribution in [2.24, 2.45) is 5.73 Å².